The molecule has 0 N–H and O–H groups in total. The molecule has 2 aliphatic rings. The van der Waals surface area contributed by atoms with Crippen LogP contribution >= 0.6 is 0 Å². The maximum atomic E-state index is 12.6. The van der Waals surface area contributed by atoms with E-state index < -0.39 is 0 Å². The summed E-state index contributed by atoms with van der Waals surface area (Å²) in [6.45, 7) is 5.15. The quantitative estimate of drug-likeness (QED) is 0.814. The van der Waals surface area contributed by atoms with E-state index in [-0.39, 0.29) is 5.91 Å². The molecule has 1 aromatic rings. The standard InChI is InChI=1S/C18H26N2O4/c1-22-15-3-4-17(23-2)16(11-15)14-5-6-20(12-14)18(21)13-19-7-9-24-10-8-19/h3-4,11,14H,5-10,12-13H2,1-2H3/t14-/m0/s1. The maximum Gasteiger partial charge on any atom is 0.236 e. The molecule has 0 saturated carbocycles. The molecule has 1 aromatic carbocycles. The van der Waals surface area contributed by atoms with Crippen LogP contribution in [-0.4, -0.2) is 75.9 Å². The van der Waals surface area contributed by atoms with E-state index in [9.17, 15) is 4.79 Å². The molecule has 0 bridgehead atoms. The van der Waals surface area contributed by atoms with Gasteiger partial charge in [0.25, 0.3) is 0 Å². The highest BCUT2D eigenvalue weighted by Gasteiger charge is 2.30. The molecule has 3 rings (SSSR count). The van der Waals surface area contributed by atoms with Crippen LogP contribution in [0.25, 0.3) is 0 Å². The van der Waals surface area contributed by atoms with Crippen molar-refractivity contribution in [3.8, 4) is 11.5 Å². The molecule has 132 valence electrons. The molecule has 0 spiro atoms. The van der Waals surface area contributed by atoms with Crippen molar-refractivity contribution in [1.82, 2.24) is 9.80 Å². The zero-order chi connectivity index (χ0) is 16.9. The number of likely N-dealkylation sites (tertiary alicyclic amines) is 1. The second-order valence-corrected chi connectivity index (χ2v) is 6.32. The van der Waals surface area contributed by atoms with Gasteiger partial charge < -0.3 is 19.1 Å². The summed E-state index contributed by atoms with van der Waals surface area (Å²) < 4.78 is 16.2. The van der Waals surface area contributed by atoms with Gasteiger partial charge in [-0.3, -0.25) is 9.69 Å². The van der Waals surface area contributed by atoms with Crippen molar-refractivity contribution in [2.45, 2.75) is 12.3 Å². The van der Waals surface area contributed by atoms with Gasteiger partial charge in [0.05, 0.1) is 34.0 Å². The van der Waals surface area contributed by atoms with E-state index in [4.69, 9.17) is 14.2 Å². The minimum atomic E-state index is 0.210. The molecule has 6 heteroatoms. The van der Waals surface area contributed by atoms with Crippen molar-refractivity contribution in [3.05, 3.63) is 23.8 Å². The lowest BCUT2D eigenvalue weighted by Gasteiger charge is -2.28. The highest BCUT2D eigenvalue weighted by atomic mass is 16.5. The molecule has 0 unspecified atom stereocenters. The molecule has 2 aliphatic heterocycles. The fourth-order valence-electron chi connectivity index (χ4n) is 3.45. The summed E-state index contributed by atoms with van der Waals surface area (Å²) >= 11 is 0. The average molecular weight is 334 g/mol. The van der Waals surface area contributed by atoms with Gasteiger partial charge in [0.15, 0.2) is 0 Å². The topological polar surface area (TPSA) is 51.2 Å². The van der Waals surface area contributed by atoms with E-state index in [0.717, 1.165) is 62.9 Å². The van der Waals surface area contributed by atoms with Crippen LogP contribution in [-0.2, 0) is 9.53 Å². The zero-order valence-electron chi connectivity index (χ0n) is 14.5. The number of methoxy groups -OCH3 is 2. The number of carbonyl (C=O) groups excluding carboxylic acids is 1. The van der Waals surface area contributed by atoms with Crippen molar-refractivity contribution in [2.75, 3.05) is 60.2 Å². The summed E-state index contributed by atoms with van der Waals surface area (Å²) in [6.07, 6.45) is 0.957. The summed E-state index contributed by atoms with van der Waals surface area (Å²) in [6, 6.07) is 5.87. The number of hydrogen-bond acceptors (Lipinski definition) is 5. The van der Waals surface area contributed by atoms with Gasteiger partial charge in [0, 0.05) is 37.7 Å². The van der Waals surface area contributed by atoms with Crippen LogP contribution in [0.4, 0.5) is 0 Å². The number of ether oxygens (including phenoxy) is 3. The molecule has 0 aromatic heterocycles. The third-order valence-electron chi connectivity index (χ3n) is 4.88. The Morgan fingerprint density at radius 2 is 2.00 bits per heavy atom. The van der Waals surface area contributed by atoms with E-state index in [1.807, 2.05) is 23.1 Å². The van der Waals surface area contributed by atoms with E-state index in [2.05, 4.69) is 4.90 Å². The van der Waals surface area contributed by atoms with Gasteiger partial charge in [0.2, 0.25) is 5.91 Å². The lowest BCUT2D eigenvalue weighted by atomic mass is 9.97. The summed E-state index contributed by atoms with van der Waals surface area (Å²) in [7, 11) is 3.35. The summed E-state index contributed by atoms with van der Waals surface area (Å²) in [5.41, 5.74) is 1.12. The Balaban J connectivity index is 1.63. The normalized spacial score (nSPS) is 21.8. The minimum Gasteiger partial charge on any atom is -0.497 e. The molecule has 2 fully saturated rings. The fraction of sp³-hybridized carbons (Fsp3) is 0.611. The predicted octanol–water partition coefficient (Wildman–Crippen LogP) is 1.35. The second-order valence-electron chi connectivity index (χ2n) is 6.32. The van der Waals surface area contributed by atoms with Crippen LogP contribution in [0.1, 0.15) is 17.9 Å². The van der Waals surface area contributed by atoms with Crippen LogP contribution < -0.4 is 9.47 Å². The first-order valence-electron chi connectivity index (χ1n) is 8.51. The molecule has 0 radical (unpaired) electrons. The van der Waals surface area contributed by atoms with Crippen molar-refractivity contribution >= 4 is 5.91 Å². The first-order chi connectivity index (χ1) is 11.7. The van der Waals surface area contributed by atoms with Gasteiger partial charge in [-0.25, -0.2) is 0 Å². The maximum absolute atomic E-state index is 12.6. The summed E-state index contributed by atoms with van der Waals surface area (Å²) in [5.74, 6) is 2.19. The lowest BCUT2D eigenvalue weighted by Crippen LogP contribution is -2.44. The van der Waals surface area contributed by atoms with E-state index in [0.29, 0.717) is 12.5 Å². The third kappa shape index (κ3) is 3.82. The molecule has 24 heavy (non-hydrogen) atoms. The third-order valence-corrected chi connectivity index (χ3v) is 4.88. The Bertz CT molecular complexity index is 572. The van der Waals surface area contributed by atoms with Crippen molar-refractivity contribution in [2.24, 2.45) is 0 Å². The predicted molar refractivity (Wildman–Crippen MR) is 90.7 cm³/mol. The Morgan fingerprint density at radius 1 is 1.21 bits per heavy atom. The Hall–Kier alpha value is -1.79. The Morgan fingerprint density at radius 3 is 2.71 bits per heavy atom. The van der Waals surface area contributed by atoms with E-state index in [1.165, 1.54) is 0 Å². The molecule has 0 aliphatic carbocycles. The van der Waals surface area contributed by atoms with E-state index >= 15 is 0 Å². The largest absolute Gasteiger partial charge is 0.497 e. The smallest absolute Gasteiger partial charge is 0.236 e. The number of morpholine rings is 1. The second kappa shape index (κ2) is 7.85. The van der Waals surface area contributed by atoms with Crippen LogP contribution in [0.15, 0.2) is 18.2 Å². The number of benzene rings is 1. The highest BCUT2D eigenvalue weighted by Crippen LogP contribution is 2.36. The number of carbonyl (C=O) groups is 1. The van der Waals surface area contributed by atoms with Gasteiger partial charge >= 0.3 is 0 Å². The molecule has 1 amide bonds. The Labute approximate surface area is 143 Å². The minimum absolute atomic E-state index is 0.210. The molecule has 2 saturated heterocycles. The molecular weight excluding hydrogens is 308 g/mol. The first kappa shape index (κ1) is 17.0. The molecule has 6 nitrogen and oxygen atoms in total. The monoisotopic (exact) mass is 334 g/mol. The van der Waals surface area contributed by atoms with Gasteiger partial charge in [-0.2, -0.15) is 0 Å². The number of nitrogens with zero attached hydrogens (tertiary/aromatic N) is 2. The van der Waals surface area contributed by atoms with Gasteiger partial charge in [-0.1, -0.05) is 0 Å². The summed E-state index contributed by atoms with van der Waals surface area (Å²) in [5, 5.41) is 0. The lowest BCUT2D eigenvalue weighted by molar-refractivity contribution is -0.132. The van der Waals surface area contributed by atoms with Crippen molar-refractivity contribution in [1.29, 1.82) is 0 Å². The summed E-state index contributed by atoms with van der Waals surface area (Å²) in [4.78, 5) is 16.7. The molecule has 1 atom stereocenters. The van der Waals surface area contributed by atoms with Gasteiger partial charge in [0.1, 0.15) is 11.5 Å². The number of rotatable bonds is 5. The molecule has 2 heterocycles. The zero-order valence-corrected chi connectivity index (χ0v) is 14.5. The van der Waals surface area contributed by atoms with Gasteiger partial charge in [-0.15, -0.1) is 0 Å². The first-order valence-corrected chi connectivity index (χ1v) is 8.51. The van der Waals surface area contributed by atoms with Crippen LogP contribution in [0, 0.1) is 0 Å². The highest BCUT2D eigenvalue weighted by molar-refractivity contribution is 5.78. The van der Waals surface area contributed by atoms with Crippen LogP contribution in [0.3, 0.4) is 0 Å². The molecular formula is C18H26N2O4. The van der Waals surface area contributed by atoms with Crippen molar-refractivity contribution in [3.63, 3.8) is 0 Å². The van der Waals surface area contributed by atoms with Gasteiger partial charge in [-0.05, 0) is 24.6 Å². The van der Waals surface area contributed by atoms with Crippen LogP contribution in [0.2, 0.25) is 0 Å². The van der Waals surface area contributed by atoms with Crippen LogP contribution in [0.5, 0.6) is 11.5 Å². The van der Waals surface area contributed by atoms with Crippen molar-refractivity contribution < 1.29 is 19.0 Å². The average Bonchev–Trinajstić information content (AvgIpc) is 3.12. The fourth-order valence-corrected chi connectivity index (χ4v) is 3.45. The van der Waals surface area contributed by atoms with E-state index in [1.54, 1.807) is 14.2 Å². The number of hydrogen-bond donors (Lipinski definition) is 0. The number of amides is 1. The SMILES string of the molecule is COc1ccc(OC)c([C@H]2CCN(C(=O)CN3CCOCC3)C2)c1. The Kier molecular flexibility index (Phi) is 5.58.